The van der Waals surface area contributed by atoms with Crippen molar-refractivity contribution in [1.82, 2.24) is 4.90 Å². The number of benzene rings is 2. The Morgan fingerprint density at radius 1 is 1.28 bits per heavy atom. The van der Waals surface area contributed by atoms with E-state index in [4.69, 9.17) is 33.3 Å². The van der Waals surface area contributed by atoms with Gasteiger partial charge in [-0.3, -0.25) is 9.69 Å². The lowest BCUT2D eigenvalue weighted by molar-refractivity contribution is -0.121. The fourth-order valence-electron chi connectivity index (χ4n) is 2.51. The monoisotopic (exact) mass is 445 g/mol. The molecule has 2 aromatic carbocycles. The van der Waals surface area contributed by atoms with Gasteiger partial charge in [0.1, 0.15) is 15.8 Å². The summed E-state index contributed by atoms with van der Waals surface area (Å²) in [4.78, 5) is 26.7. The summed E-state index contributed by atoms with van der Waals surface area (Å²) in [5, 5.41) is 0.252. The van der Waals surface area contributed by atoms with Crippen molar-refractivity contribution in [3.63, 3.8) is 0 Å². The normalized spacial score (nSPS) is 15.0. The van der Waals surface area contributed by atoms with E-state index in [1.807, 2.05) is 0 Å². The molecule has 8 heteroatoms. The summed E-state index contributed by atoms with van der Waals surface area (Å²) in [6, 6.07) is 11.5. The topological polar surface area (TPSA) is 55.8 Å². The Balaban J connectivity index is 1.75. The van der Waals surface area contributed by atoms with Crippen LogP contribution in [0.2, 0.25) is 5.02 Å². The molecule has 0 radical (unpaired) electrons. The zero-order valence-corrected chi connectivity index (χ0v) is 17.8. The first-order valence-electron chi connectivity index (χ1n) is 8.45. The lowest BCUT2D eigenvalue weighted by atomic mass is 10.2. The first-order valence-corrected chi connectivity index (χ1v) is 10.0. The van der Waals surface area contributed by atoms with Gasteiger partial charge in [0.2, 0.25) is 0 Å². The molecule has 0 aliphatic carbocycles. The SMILES string of the molecule is C=CCN1C(=O)C(=Cc2ccc(OC(=O)c3ccc(OC)cc3)c(Cl)c2)SC1=S. The number of methoxy groups -OCH3 is 1. The smallest absolute Gasteiger partial charge is 0.343 e. The van der Waals surface area contributed by atoms with Gasteiger partial charge in [0, 0.05) is 6.54 Å². The predicted molar refractivity (Wildman–Crippen MR) is 119 cm³/mol. The van der Waals surface area contributed by atoms with E-state index in [2.05, 4.69) is 6.58 Å². The van der Waals surface area contributed by atoms with Gasteiger partial charge < -0.3 is 9.47 Å². The Bertz CT molecular complexity index is 1020. The first-order chi connectivity index (χ1) is 13.9. The van der Waals surface area contributed by atoms with E-state index in [9.17, 15) is 9.59 Å². The lowest BCUT2D eigenvalue weighted by Gasteiger charge is -2.10. The number of amides is 1. The average molecular weight is 446 g/mol. The Kier molecular flexibility index (Phi) is 6.74. The Morgan fingerprint density at radius 2 is 2.00 bits per heavy atom. The number of hydrogen-bond donors (Lipinski definition) is 0. The minimum absolute atomic E-state index is 0.175. The molecule has 3 rings (SSSR count). The van der Waals surface area contributed by atoms with Gasteiger partial charge in [-0.25, -0.2) is 4.79 Å². The highest BCUT2D eigenvalue weighted by Gasteiger charge is 2.31. The molecular formula is C21H16ClNO4S2. The van der Waals surface area contributed by atoms with Crippen LogP contribution in [0.1, 0.15) is 15.9 Å². The lowest BCUT2D eigenvalue weighted by Crippen LogP contribution is -2.27. The highest BCUT2D eigenvalue weighted by molar-refractivity contribution is 8.26. The molecule has 5 nitrogen and oxygen atoms in total. The van der Waals surface area contributed by atoms with Crippen LogP contribution in [0.5, 0.6) is 11.5 Å². The molecule has 0 aromatic heterocycles. The maximum absolute atomic E-state index is 12.4. The highest BCUT2D eigenvalue weighted by Crippen LogP contribution is 2.34. The number of ether oxygens (including phenoxy) is 2. The molecule has 0 spiro atoms. The van der Waals surface area contributed by atoms with E-state index in [0.717, 1.165) is 0 Å². The largest absolute Gasteiger partial charge is 0.497 e. The van der Waals surface area contributed by atoms with Crippen LogP contribution in [0.15, 0.2) is 60.0 Å². The molecule has 1 amide bonds. The van der Waals surface area contributed by atoms with E-state index in [-0.39, 0.29) is 16.7 Å². The highest BCUT2D eigenvalue weighted by atomic mass is 35.5. The Morgan fingerprint density at radius 3 is 2.62 bits per heavy atom. The van der Waals surface area contributed by atoms with Gasteiger partial charge in [-0.15, -0.1) is 6.58 Å². The van der Waals surface area contributed by atoms with Crippen LogP contribution in [0.4, 0.5) is 0 Å². The molecule has 1 saturated heterocycles. The molecule has 1 heterocycles. The molecular weight excluding hydrogens is 430 g/mol. The summed E-state index contributed by atoms with van der Waals surface area (Å²) < 4.78 is 10.9. The van der Waals surface area contributed by atoms with Crippen molar-refractivity contribution in [2.75, 3.05) is 13.7 Å². The maximum Gasteiger partial charge on any atom is 0.343 e. The van der Waals surface area contributed by atoms with Gasteiger partial charge in [0.05, 0.1) is 22.6 Å². The van der Waals surface area contributed by atoms with E-state index < -0.39 is 5.97 Å². The summed E-state index contributed by atoms with van der Waals surface area (Å²) in [7, 11) is 1.55. The zero-order chi connectivity index (χ0) is 21.0. The Labute approximate surface area is 182 Å². The zero-order valence-electron chi connectivity index (χ0n) is 15.4. The maximum atomic E-state index is 12.4. The molecule has 1 aliphatic rings. The van der Waals surface area contributed by atoms with Crippen molar-refractivity contribution in [1.29, 1.82) is 0 Å². The molecule has 29 heavy (non-hydrogen) atoms. The molecule has 1 fully saturated rings. The van der Waals surface area contributed by atoms with E-state index >= 15 is 0 Å². The molecule has 0 N–H and O–H groups in total. The van der Waals surface area contributed by atoms with E-state index in [1.165, 1.54) is 16.7 Å². The van der Waals surface area contributed by atoms with Crippen LogP contribution in [-0.4, -0.2) is 34.8 Å². The second-order valence-electron chi connectivity index (χ2n) is 5.89. The van der Waals surface area contributed by atoms with Gasteiger partial charge in [-0.05, 0) is 48.0 Å². The molecule has 1 aliphatic heterocycles. The molecule has 0 atom stereocenters. The number of thiocarbonyl (C=S) groups is 1. The van der Waals surface area contributed by atoms with Crippen LogP contribution in [0, 0.1) is 0 Å². The van der Waals surface area contributed by atoms with Crippen molar-refractivity contribution in [2.45, 2.75) is 0 Å². The third-order valence-electron chi connectivity index (χ3n) is 3.97. The van der Waals surface area contributed by atoms with Crippen LogP contribution >= 0.6 is 35.6 Å². The van der Waals surface area contributed by atoms with Crippen molar-refractivity contribution >= 4 is 57.9 Å². The van der Waals surface area contributed by atoms with E-state index in [0.29, 0.717) is 32.6 Å². The molecule has 0 unspecified atom stereocenters. The van der Waals surface area contributed by atoms with Crippen molar-refractivity contribution in [3.8, 4) is 11.5 Å². The standard InChI is InChI=1S/C21H16ClNO4S2/c1-3-10-23-19(24)18(29-21(23)28)12-13-4-9-17(16(22)11-13)27-20(25)14-5-7-15(26-2)8-6-14/h3-9,11-12H,1,10H2,2H3. The summed E-state index contributed by atoms with van der Waals surface area (Å²) in [5.74, 6) is 0.157. The second-order valence-corrected chi connectivity index (χ2v) is 7.97. The number of esters is 1. The number of rotatable bonds is 6. The van der Waals surface area contributed by atoms with Crippen molar-refractivity contribution in [2.24, 2.45) is 0 Å². The number of thioether (sulfide) groups is 1. The summed E-state index contributed by atoms with van der Waals surface area (Å²) in [5.41, 5.74) is 1.06. The Hall–Kier alpha value is -2.61. The third kappa shape index (κ3) is 4.87. The van der Waals surface area contributed by atoms with Crippen LogP contribution < -0.4 is 9.47 Å². The molecule has 148 valence electrons. The van der Waals surface area contributed by atoms with Crippen molar-refractivity contribution < 1.29 is 19.1 Å². The molecule has 0 saturated carbocycles. The van der Waals surface area contributed by atoms with Gasteiger partial charge in [-0.2, -0.15) is 0 Å². The minimum atomic E-state index is -0.535. The fourth-order valence-corrected chi connectivity index (χ4v) is 4.02. The predicted octanol–water partition coefficient (Wildman–Crippen LogP) is 4.96. The number of hydrogen-bond acceptors (Lipinski definition) is 6. The number of carbonyl (C=O) groups excluding carboxylic acids is 2. The molecule has 2 aromatic rings. The van der Waals surface area contributed by atoms with E-state index in [1.54, 1.807) is 61.7 Å². The van der Waals surface area contributed by atoms with Crippen LogP contribution in [-0.2, 0) is 4.79 Å². The quantitative estimate of drug-likeness (QED) is 0.206. The minimum Gasteiger partial charge on any atom is -0.497 e. The second kappa shape index (κ2) is 9.26. The number of carbonyl (C=O) groups is 2. The van der Waals surface area contributed by atoms with Gasteiger partial charge in [0.15, 0.2) is 0 Å². The molecule has 0 bridgehead atoms. The van der Waals surface area contributed by atoms with Crippen LogP contribution in [0.3, 0.4) is 0 Å². The van der Waals surface area contributed by atoms with Gasteiger partial charge in [0.25, 0.3) is 5.91 Å². The van der Waals surface area contributed by atoms with Crippen LogP contribution in [0.25, 0.3) is 6.08 Å². The average Bonchev–Trinajstić information content (AvgIpc) is 2.97. The summed E-state index contributed by atoms with van der Waals surface area (Å²) in [6.45, 7) is 3.99. The number of halogens is 1. The van der Waals surface area contributed by atoms with Gasteiger partial charge >= 0.3 is 5.97 Å². The first kappa shape index (κ1) is 21.1. The third-order valence-corrected chi connectivity index (χ3v) is 5.64. The number of nitrogens with zero attached hydrogens (tertiary/aromatic N) is 1. The van der Waals surface area contributed by atoms with Crippen molar-refractivity contribution in [3.05, 3.63) is 76.2 Å². The summed E-state index contributed by atoms with van der Waals surface area (Å²) >= 11 is 12.7. The fraction of sp³-hybridized carbons (Fsp3) is 0.0952. The van der Waals surface area contributed by atoms with Gasteiger partial charge in [-0.1, -0.05) is 47.7 Å². The summed E-state index contributed by atoms with van der Waals surface area (Å²) in [6.07, 6.45) is 3.32.